The number of hydrogen-bond donors (Lipinski definition) is 2. The minimum Gasteiger partial charge on any atom is -0.356 e. The van der Waals surface area contributed by atoms with Crippen LogP contribution in [-0.2, 0) is 9.59 Å². The SMILES string of the molecule is CCCNCCCCNC(=O)CC1(CC(C)=O)CCCC1. The van der Waals surface area contributed by atoms with E-state index in [-0.39, 0.29) is 17.1 Å². The van der Waals surface area contributed by atoms with Crippen LogP contribution in [0.15, 0.2) is 0 Å². The van der Waals surface area contributed by atoms with Crippen LogP contribution < -0.4 is 10.6 Å². The molecule has 1 aliphatic rings. The smallest absolute Gasteiger partial charge is 0.220 e. The molecule has 21 heavy (non-hydrogen) atoms. The largest absolute Gasteiger partial charge is 0.356 e. The molecule has 0 saturated heterocycles. The number of nitrogens with one attached hydrogen (secondary N) is 2. The number of carbonyl (C=O) groups is 2. The maximum atomic E-state index is 12.1. The van der Waals surface area contributed by atoms with E-state index in [1.54, 1.807) is 6.92 Å². The molecule has 4 nitrogen and oxygen atoms in total. The second kappa shape index (κ2) is 9.93. The molecular formula is C17H32N2O2. The van der Waals surface area contributed by atoms with Gasteiger partial charge in [-0.05, 0) is 57.5 Å². The molecular weight excluding hydrogens is 264 g/mol. The van der Waals surface area contributed by atoms with Crippen molar-refractivity contribution in [3.05, 3.63) is 0 Å². The quantitative estimate of drug-likeness (QED) is 0.576. The average Bonchev–Trinajstić information content (AvgIpc) is 2.84. The molecule has 0 radical (unpaired) electrons. The van der Waals surface area contributed by atoms with Crippen molar-refractivity contribution in [1.82, 2.24) is 10.6 Å². The molecule has 1 rings (SSSR count). The third-order valence-corrected chi connectivity index (χ3v) is 4.35. The second-order valence-electron chi connectivity index (χ2n) is 6.57. The van der Waals surface area contributed by atoms with Crippen molar-refractivity contribution in [3.63, 3.8) is 0 Å². The van der Waals surface area contributed by atoms with Crippen LogP contribution in [0.5, 0.6) is 0 Å². The van der Waals surface area contributed by atoms with Crippen molar-refractivity contribution in [2.24, 2.45) is 5.41 Å². The van der Waals surface area contributed by atoms with Gasteiger partial charge in [-0.15, -0.1) is 0 Å². The summed E-state index contributed by atoms with van der Waals surface area (Å²) < 4.78 is 0. The van der Waals surface area contributed by atoms with Gasteiger partial charge in [0.25, 0.3) is 0 Å². The van der Waals surface area contributed by atoms with Crippen molar-refractivity contribution in [3.8, 4) is 0 Å². The van der Waals surface area contributed by atoms with E-state index in [2.05, 4.69) is 17.6 Å². The Morgan fingerprint density at radius 1 is 1.00 bits per heavy atom. The summed E-state index contributed by atoms with van der Waals surface area (Å²) in [5, 5.41) is 6.38. The Balaban J connectivity index is 2.18. The maximum absolute atomic E-state index is 12.1. The monoisotopic (exact) mass is 296 g/mol. The highest BCUT2D eigenvalue weighted by molar-refractivity contribution is 5.80. The molecule has 1 aliphatic carbocycles. The normalized spacial score (nSPS) is 16.9. The Morgan fingerprint density at radius 2 is 1.67 bits per heavy atom. The van der Waals surface area contributed by atoms with E-state index < -0.39 is 0 Å². The predicted octanol–water partition coefficient (Wildman–Crippen LogP) is 2.81. The van der Waals surface area contributed by atoms with Gasteiger partial charge in [0.2, 0.25) is 5.91 Å². The van der Waals surface area contributed by atoms with E-state index in [0.717, 1.165) is 64.6 Å². The minimum atomic E-state index is -0.0431. The molecule has 0 aromatic carbocycles. The van der Waals surface area contributed by atoms with Crippen LogP contribution in [0.3, 0.4) is 0 Å². The number of carbonyl (C=O) groups excluding carboxylic acids is 2. The highest BCUT2D eigenvalue weighted by atomic mass is 16.1. The number of hydrogen-bond acceptors (Lipinski definition) is 3. The molecule has 0 spiro atoms. The topological polar surface area (TPSA) is 58.2 Å². The molecule has 1 amide bonds. The summed E-state index contributed by atoms with van der Waals surface area (Å²) in [5.74, 6) is 0.339. The van der Waals surface area contributed by atoms with E-state index in [0.29, 0.717) is 12.8 Å². The van der Waals surface area contributed by atoms with E-state index in [1.165, 1.54) is 0 Å². The molecule has 4 heteroatoms. The standard InChI is InChI=1S/C17H32N2O2/c1-3-10-18-11-6-7-12-19-16(21)14-17(13-15(2)20)8-4-5-9-17/h18H,3-14H2,1-2H3,(H,19,21). The first-order valence-electron chi connectivity index (χ1n) is 8.55. The van der Waals surface area contributed by atoms with Crippen molar-refractivity contribution >= 4 is 11.7 Å². The number of unbranched alkanes of at least 4 members (excludes halogenated alkanes) is 1. The third-order valence-electron chi connectivity index (χ3n) is 4.35. The molecule has 0 atom stereocenters. The summed E-state index contributed by atoms with van der Waals surface area (Å²) in [4.78, 5) is 23.5. The molecule has 122 valence electrons. The average molecular weight is 296 g/mol. The van der Waals surface area contributed by atoms with Gasteiger partial charge < -0.3 is 15.4 Å². The Morgan fingerprint density at radius 3 is 2.29 bits per heavy atom. The van der Waals surface area contributed by atoms with Gasteiger partial charge >= 0.3 is 0 Å². The Labute approximate surface area is 129 Å². The Kier molecular flexibility index (Phi) is 8.58. The van der Waals surface area contributed by atoms with Gasteiger partial charge in [-0.25, -0.2) is 0 Å². The van der Waals surface area contributed by atoms with E-state index in [1.807, 2.05) is 0 Å². The zero-order valence-corrected chi connectivity index (χ0v) is 13.8. The number of rotatable bonds is 11. The lowest BCUT2D eigenvalue weighted by molar-refractivity contribution is -0.125. The van der Waals surface area contributed by atoms with Crippen LogP contribution in [-0.4, -0.2) is 31.3 Å². The Hall–Kier alpha value is -0.900. The lowest BCUT2D eigenvalue weighted by atomic mass is 9.78. The highest BCUT2D eigenvalue weighted by Crippen LogP contribution is 2.44. The van der Waals surface area contributed by atoms with Crippen LogP contribution in [0, 0.1) is 5.41 Å². The summed E-state index contributed by atoms with van der Waals surface area (Å²) >= 11 is 0. The zero-order chi connectivity index (χ0) is 15.6. The van der Waals surface area contributed by atoms with Crippen LogP contribution >= 0.6 is 0 Å². The second-order valence-corrected chi connectivity index (χ2v) is 6.57. The predicted molar refractivity (Wildman–Crippen MR) is 86.2 cm³/mol. The molecule has 0 unspecified atom stereocenters. The molecule has 2 N–H and O–H groups in total. The van der Waals surface area contributed by atoms with Crippen molar-refractivity contribution in [1.29, 1.82) is 0 Å². The van der Waals surface area contributed by atoms with E-state index >= 15 is 0 Å². The van der Waals surface area contributed by atoms with Gasteiger partial charge in [-0.1, -0.05) is 19.8 Å². The van der Waals surface area contributed by atoms with Gasteiger partial charge in [0.05, 0.1) is 0 Å². The summed E-state index contributed by atoms with van der Waals surface area (Å²) in [6, 6.07) is 0. The molecule has 1 saturated carbocycles. The van der Waals surface area contributed by atoms with Crippen LogP contribution in [0.1, 0.15) is 71.6 Å². The van der Waals surface area contributed by atoms with E-state index in [9.17, 15) is 9.59 Å². The van der Waals surface area contributed by atoms with Gasteiger partial charge in [0, 0.05) is 19.4 Å². The first-order valence-corrected chi connectivity index (χ1v) is 8.55. The van der Waals surface area contributed by atoms with Crippen molar-refractivity contribution in [2.45, 2.75) is 71.6 Å². The van der Waals surface area contributed by atoms with Crippen LogP contribution in [0.4, 0.5) is 0 Å². The fourth-order valence-electron chi connectivity index (χ4n) is 3.38. The highest BCUT2D eigenvalue weighted by Gasteiger charge is 2.36. The number of Topliss-reactive ketones (excluding diaryl/α,β-unsaturated/α-hetero) is 1. The summed E-state index contributed by atoms with van der Waals surface area (Å²) in [6.45, 7) is 6.65. The molecule has 0 aliphatic heterocycles. The molecule has 1 fully saturated rings. The van der Waals surface area contributed by atoms with Crippen LogP contribution in [0.2, 0.25) is 0 Å². The maximum Gasteiger partial charge on any atom is 0.220 e. The summed E-state index contributed by atoms with van der Waals surface area (Å²) in [7, 11) is 0. The lowest BCUT2D eigenvalue weighted by Gasteiger charge is -2.27. The fourth-order valence-corrected chi connectivity index (χ4v) is 3.38. The molecule has 0 heterocycles. The van der Waals surface area contributed by atoms with Crippen molar-refractivity contribution in [2.75, 3.05) is 19.6 Å². The number of amides is 1. The fraction of sp³-hybridized carbons (Fsp3) is 0.882. The molecule has 0 bridgehead atoms. The summed E-state index contributed by atoms with van der Waals surface area (Å²) in [5.41, 5.74) is -0.0431. The number of ketones is 1. The summed E-state index contributed by atoms with van der Waals surface area (Å²) in [6.07, 6.45) is 8.74. The molecule has 0 aromatic rings. The van der Waals surface area contributed by atoms with E-state index in [4.69, 9.17) is 0 Å². The van der Waals surface area contributed by atoms with Crippen LogP contribution in [0.25, 0.3) is 0 Å². The van der Waals surface area contributed by atoms with Gasteiger partial charge in [-0.3, -0.25) is 4.79 Å². The van der Waals surface area contributed by atoms with Gasteiger partial charge in [-0.2, -0.15) is 0 Å². The molecule has 0 aromatic heterocycles. The minimum absolute atomic E-state index is 0.0431. The van der Waals surface area contributed by atoms with Gasteiger partial charge in [0.1, 0.15) is 5.78 Å². The van der Waals surface area contributed by atoms with Crippen molar-refractivity contribution < 1.29 is 9.59 Å². The lowest BCUT2D eigenvalue weighted by Crippen LogP contribution is -2.32. The zero-order valence-electron chi connectivity index (χ0n) is 13.8. The Bertz CT molecular complexity index is 323. The first kappa shape index (κ1) is 18.1. The van der Waals surface area contributed by atoms with Gasteiger partial charge in [0.15, 0.2) is 0 Å². The first-order chi connectivity index (χ1) is 10.1. The third kappa shape index (κ3) is 7.60.